The SMILES string of the molecule is COc1ccc2c(c1)[C@@H]1CC(C)=C(C)C[C@]1(C(C)=O)C(=O)O2. The fourth-order valence-corrected chi connectivity index (χ4v) is 3.66. The van der Waals surface area contributed by atoms with Gasteiger partial charge in [0.2, 0.25) is 0 Å². The highest BCUT2D eigenvalue weighted by Gasteiger charge is 2.57. The number of carbonyl (C=O) groups is 2. The molecule has 0 radical (unpaired) electrons. The van der Waals surface area contributed by atoms with Gasteiger partial charge in [-0.3, -0.25) is 9.59 Å². The monoisotopic (exact) mass is 300 g/mol. The van der Waals surface area contributed by atoms with Crippen molar-refractivity contribution < 1.29 is 19.1 Å². The van der Waals surface area contributed by atoms with Crippen molar-refractivity contribution >= 4 is 11.8 Å². The summed E-state index contributed by atoms with van der Waals surface area (Å²) in [5.74, 6) is 0.524. The van der Waals surface area contributed by atoms with Gasteiger partial charge in [0.25, 0.3) is 0 Å². The first-order valence-electron chi connectivity index (χ1n) is 7.46. The first-order valence-corrected chi connectivity index (χ1v) is 7.46. The van der Waals surface area contributed by atoms with Crippen LogP contribution in [0, 0.1) is 5.41 Å². The van der Waals surface area contributed by atoms with Crippen LogP contribution in [-0.2, 0) is 9.59 Å². The molecule has 0 saturated heterocycles. The summed E-state index contributed by atoms with van der Waals surface area (Å²) < 4.78 is 10.8. The van der Waals surface area contributed by atoms with Crippen molar-refractivity contribution in [2.24, 2.45) is 5.41 Å². The summed E-state index contributed by atoms with van der Waals surface area (Å²) in [5.41, 5.74) is 2.14. The second-order valence-electron chi connectivity index (χ2n) is 6.31. The van der Waals surface area contributed by atoms with Gasteiger partial charge < -0.3 is 9.47 Å². The molecule has 0 saturated carbocycles. The molecule has 2 aliphatic rings. The van der Waals surface area contributed by atoms with E-state index in [2.05, 4.69) is 6.92 Å². The molecule has 0 unspecified atom stereocenters. The molecule has 0 aromatic heterocycles. The van der Waals surface area contributed by atoms with Crippen LogP contribution in [0.4, 0.5) is 0 Å². The summed E-state index contributed by atoms with van der Waals surface area (Å²) in [6.07, 6.45) is 1.13. The van der Waals surface area contributed by atoms with Crippen LogP contribution in [0.25, 0.3) is 0 Å². The number of carbonyl (C=O) groups excluding carboxylic acids is 2. The van der Waals surface area contributed by atoms with Gasteiger partial charge in [-0.1, -0.05) is 11.1 Å². The van der Waals surface area contributed by atoms with Gasteiger partial charge in [0.15, 0.2) is 0 Å². The summed E-state index contributed by atoms with van der Waals surface area (Å²) in [7, 11) is 1.60. The zero-order valence-electron chi connectivity index (χ0n) is 13.4. The minimum absolute atomic E-state index is 0.122. The van der Waals surface area contributed by atoms with Crippen molar-refractivity contribution in [3.8, 4) is 11.5 Å². The van der Waals surface area contributed by atoms with E-state index in [1.165, 1.54) is 12.5 Å². The summed E-state index contributed by atoms with van der Waals surface area (Å²) >= 11 is 0. The highest BCUT2D eigenvalue weighted by molar-refractivity contribution is 6.06. The Kier molecular flexibility index (Phi) is 3.35. The zero-order valence-corrected chi connectivity index (χ0v) is 13.4. The maximum atomic E-state index is 12.7. The molecule has 2 atom stereocenters. The van der Waals surface area contributed by atoms with E-state index < -0.39 is 11.4 Å². The molecule has 0 fully saturated rings. The Morgan fingerprint density at radius 3 is 2.68 bits per heavy atom. The minimum Gasteiger partial charge on any atom is -0.497 e. The quantitative estimate of drug-likeness (QED) is 0.363. The van der Waals surface area contributed by atoms with Gasteiger partial charge in [-0.05, 0) is 51.8 Å². The van der Waals surface area contributed by atoms with E-state index in [9.17, 15) is 9.59 Å². The zero-order chi connectivity index (χ0) is 16.1. The lowest BCUT2D eigenvalue weighted by atomic mass is 9.59. The molecular weight excluding hydrogens is 280 g/mol. The van der Waals surface area contributed by atoms with E-state index in [0.717, 1.165) is 11.1 Å². The molecule has 1 heterocycles. The Hall–Kier alpha value is -2.10. The minimum atomic E-state index is -1.09. The third-order valence-electron chi connectivity index (χ3n) is 5.17. The fourth-order valence-electron chi connectivity index (χ4n) is 3.66. The van der Waals surface area contributed by atoms with Crippen molar-refractivity contribution in [1.29, 1.82) is 0 Å². The molecule has 22 heavy (non-hydrogen) atoms. The summed E-state index contributed by atoms with van der Waals surface area (Å²) in [6, 6.07) is 5.40. The normalized spacial score (nSPS) is 26.9. The number of allylic oxidation sites excluding steroid dienone is 2. The number of ether oxygens (including phenoxy) is 2. The van der Waals surface area contributed by atoms with Gasteiger partial charge in [-0.15, -0.1) is 0 Å². The first-order chi connectivity index (χ1) is 10.4. The molecule has 0 N–H and O–H groups in total. The van der Waals surface area contributed by atoms with E-state index >= 15 is 0 Å². The van der Waals surface area contributed by atoms with Crippen molar-refractivity contribution in [2.45, 2.75) is 39.5 Å². The number of hydrogen-bond donors (Lipinski definition) is 0. The number of hydrogen-bond acceptors (Lipinski definition) is 4. The van der Waals surface area contributed by atoms with E-state index in [1.807, 2.05) is 13.0 Å². The lowest BCUT2D eigenvalue weighted by Crippen LogP contribution is -2.50. The highest BCUT2D eigenvalue weighted by atomic mass is 16.5. The first kappa shape index (κ1) is 14.8. The molecule has 0 amide bonds. The number of esters is 1. The maximum Gasteiger partial charge on any atom is 0.326 e. The topological polar surface area (TPSA) is 52.6 Å². The number of ketones is 1. The molecule has 1 aliphatic carbocycles. The molecule has 116 valence electrons. The van der Waals surface area contributed by atoms with Gasteiger partial charge in [-0.2, -0.15) is 0 Å². The Labute approximate surface area is 130 Å². The van der Waals surface area contributed by atoms with Gasteiger partial charge in [-0.25, -0.2) is 0 Å². The summed E-state index contributed by atoms with van der Waals surface area (Å²) in [4.78, 5) is 25.1. The van der Waals surface area contributed by atoms with Crippen LogP contribution in [0.1, 0.15) is 45.1 Å². The molecule has 4 heteroatoms. The number of rotatable bonds is 2. The molecule has 4 nitrogen and oxygen atoms in total. The molecular formula is C18H20O4. The van der Waals surface area contributed by atoms with Gasteiger partial charge in [0.1, 0.15) is 22.7 Å². The van der Waals surface area contributed by atoms with Crippen molar-refractivity contribution in [3.05, 3.63) is 34.9 Å². The van der Waals surface area contributed by atoms with Crippen LogP contribution in [0.15, 0.2) is 29.3 Å². The van der Waals surface area contributed by atoms with Crippen LogP contribution in [0.3, 0.4) is 0 Å². The Morgan fingerprint density at radius 2 is 2.05 bits per heavy atom. The highest BCUT2D eigenvalue weighted by Crippen LogP contribution is 2.55. The van der Waals surface area contributed by atoms with Gasteiger partial charge in [0, 0.05) is 11.5 Å². The van der Waals surface area contributed by atoms with E-state index in [0.29, 0.717) is 24.3 Å². The van der Waals surface area contributed by atoms with Crippen LogP contribution in [0.5, 0.6) is 11.5 Å². The molecule has 3 rings (SSSR count). The Balaban J connectivity index is 2.23. The van der Waals surface area contributed by atoms with Crippen LogP contribution in [-0.4, -0.2) is 18.9 Å². The molecule has 1 aliphatic heterocycles. The molecule has 0 bridgehead atoms. The molecule has 1 aromatic carbocycles. The predicted octanol–water partition coefficient (Wildman–Crippen LogP) is 3.40. The van der Waals surface area contributed by atoms with Crippen molar-refractivity contribution in [3.63, 3.8) is 0 Å². The van der Waals surface area contributed by atoms with Gasteiger partial charge >= 0.3 is 5.97 Å². The number of benzene rings is 1. The number of Topliss-reactive ketones (excluding diaryl/α,β-unsaturated/α-hetero) is 1. The number of methoxy groups -OCH3 is 1. The second kappa shape index (κ2) is 4.97. The predicted molar refractivity (Wildman–Crippen MR) is 82.1 cm³/mol. The largest absolute Gasteiger partial charge is 0.497 e. The fraction of sp³-hybridized carbons (Fsp3) is 0.444. The summed E-state index contributed by atoms with van der Waals surface area (Å²) in [6.45, 7) is 5.55. The molecule has 1 aromatic rings. The van der Waals surface area contributed by atoms with Crippen LogP contribution < -0.4 is 9.47 Å². The van der Waals surface area contributed by atoms with E-state index in [4.69, 9.17) is 9.47 Å². The van der Waals surface area contributed by atoms with Crippen molar-refractivity contribution in [2.75, 3.05) is 7.11 Å². The standard InChI is InChI=1S/C18H20O4/c1-10-7-15-14-8-13(21-4)5-6-16(14)22-17(20)18(15,12(3)19)9-11(10)2/h5-6,8,15H,7,9H2,1-4H3/t15-,18+/m0/s1. The Morgan fingerprint density at radius 1 is 1.32 bits per heavy atom. The average molecular weight is 300 g/mol. The Bertz CT molecular complexity index is 701. The van der Waals surface area contributed by atoms with Crippen LogP contribution in [0.2, 0.25) is 0 Å². The van der Waals surface area contributed by atoms with Gasteiger partial charge in [0.05, 0.1) is 7.11 Å². The summed E-state index contributed by atoms with van der Waals surface area (Å²) in [5, 5.41) is 0. The third kappa shape index (κ3) is 1.90. The average Bonchev–Trinajstić information content (AvgIpc) is 2.49. The lowest BCUT2D eigenvalue weighted by Gasteiger charge is -2.44. The smallest absolute Gasteiger partial charge is 0.326 e. The molecule has 0 spiro atoms. The van der Waals surface area contributed by atoms with E-state index in [-0.39, 0.29) is 11.7 Å². The third-order valence-corrected chi connectivity index (χ3v) is 5.17. The van der Waals surface area contributed by atoms with Crippen LogP contribution >= 0.6 is 0 Å². The van der Waals surface area contributed by atoms with E-state index in [1.54, 1.807) is 19.2 Å². The number of fused-ring (bicyclic) bond motifs is 3. The second-order valence-corrected chi connectivity index (χ2v) is 6.31. The maximum absolute atomic E-state index is 12.7. The lowest BCUT2D eigenvalue weighted by molar-refractivity contribution is -0.156. The van der Waals surface area contributed by atoms with Crippen molar-refractivity contribution in [1.82, 2.24) is 0 Å².